The molecule has 0 aliphatic heterocycles. The zero-order valence-corrected chi connectivity index (χ0v) is 13.0. The summed E-state index contributed by atoms with van der Waals surface area (Å²) in [5, 5.41) is 1.96. The van der Waals surface area contributed by atoms with E-state index in [1.807, 2.05) is 36.1 Å². The van der Waals surface area contributed by atoms with Crippen LogP contribution in [0.5, 0.6) is 0 Å². The summed E-state index contributed by atoms with van der Waals surface area (Å²) in [6.45, 7) is 4.53. The first-order valence-electron chi connectivity index (χ1n) is 6.84. The van der Waals surface area contributed by atoms with Gasteiger partial charge in [0.1, 0.15) is 5.65 Å². The van der Waals surface area contributed by atoms with Crippen molar-refractivity contribution in [2.24, 2.45) is 7.05 Å². The summed E-state index contributed by atoms with van der Waals surface area (Å²) < 4.78 is 4.66. The Morgan fingerprint density at radius 3 is 2.48 bits per heavy atom. The number of hydrogen-bond acceptors (Lipinski definition) is 4. The molecular weight excluding hydrogens is 288 g/mol. The van der Waals surface area contributed by atoms with Crippen LogP contribution >= 0.6 is 11.3 Å². The first kappa shape index (κ1) is 13.8. The zero-order chi connectivity index (χ0) is 15.1. The highest BCUT2D eigenvalue weighted by Gasteiger charge is 2.19. The first-order chi connectivity index (χ1) is 10.1. The van der Waals surface area contributed by atoms with E-state index in [1.54, 1.807) is 22.8 Å². The second-order valence-electron chi connectivity index (χ2n) is 4.72. The average molecular weight is 304 g/mol. The zero-order valence-electron chi connectivity index (χ0n) is 12.2. The third-order valence-corrected chi connectivity index (χ3v) is 4.47. The van der Waals surface area contributed by atoms with Crippen molar-refractivity contribution in [2.45, 2.75) is 26.9 Å². The molecule has 0 saturated heterocycles. The normalized spacial score (nSPS) is 11.4. The van der Waals surface area contributed by atoms with Gasteiger partial charge in [0.05, 0.1) is 4.88 Å². The molecule has 3 rings (SSSR count). The summed E-state index contributed by atoms with van der Waals surface area (Å²) in [4.78, 5) is 30.3. The summed E-state index contributed by atoms with van der Waals surface area (Å²) >= 11 is 1.56. The second-order valence-corrected chi connectivity index (χ2v) is 5.67. The topological polar surface area (TPSA) is 61.8 Å². The van der Waals surface area contributed by atoms with Crippen LogP contribution < -0.4 is 11.2 Å². The van der Waals surface area contributed by atoms with Crippen LogP contribution in [-0.4, -0.2) is 18.7 Å². The van der Waals surface area contributed by atoms with Gasteiger partial charge in [0.2, 0.25) is 0 Å². The fourth-order valence-electron chi connectivity index (χ4n) is 2.58. The second kappa shape index (κ2) is 5.00. The highest BCUT2D eigenvalue weighted by Crippen LogP contribution is 2.25. The monoisotopic (exact) mass is 304 g/mol. The third-order valence-electron chi connectivity index (χ3n) is 3.60. The predicted octanol–water partition coefficient (Wildman–Crippen LogP) is 1.66. The molecule has 0 saturated carbocycles. The van der Waals surface area contributed by atoms with Crippen LogP contribution in [0.1, 0.15) is 13.8 Å². The Kier molecular flexibility index (Phi) is 3.29. The van der Waals surface area contributed by atoms with E-state index in [9.17, 15) is 9.59 Å². The number of imidazole rings is 1. The van der Waals surface area contributed by atoms with Crippen LogP contribution in [0.2, 0.25) is 0 Å². The van der Waals surface area contributed by atoms with E-state index in [4.69, 9.17) is 0 Å². The SMILES string of the molecule is CCn1c(=O)c2nc(-c3cccs3)n(C)c2n(CC)c1=O. The highest BCUT2D eigenvalue weighted by molar-refractivity contribution is 7.13. The van der Waals surface area contributed by atoms with Crippen LogP contribution in [0.15, 0.2) is 27.1 Å². The van der Waals surface area contributed by atoms with Gasteiger partial charge in [0, 0.05) is 20.1 Å². The maximum atomic E-state index is 12.5. The largest absolute Gasteiger partial charge is 0.332 e. The molecule has 0 amide bonds. The van der Waals surface area contributed by atoms with Gasteiger partial charge in [0.15, 0.2) is 11.3 Å². The molecule has 110 valence electrons. The number of aryl methyl sites for hydroxylation is 2. The van der Waals surface area contributed by atoms with Crippen molar-refractivity contribution in [3.05, 3.63) is 38.4 Å². The van der Waals surface area contributed by atoms with Crippen molar-refractivity contribution in [1.82, 2.24) is 18.7 Å². The summed E-state index contributed by atoms with van der Waals surface area (Å²) in [5.74, 6) is 0.715. The lowest BCUT2D eigenvalue weighted by Gasteiger charge is -2.09. The predicted molar refractivity (Wildman–Crippen MR) is 83.9 cm³/mol. The van der Waals surface area contributed by atoms with Crippen molar-refractivity contribution in [2.75, 3.05) is 0 Å². The van der Waals surface area contributed by atoms with Crippen LogP contribution in [0.25, 0.3) is 21.9 Å². The maximum absolute atomic E-state index is 12.5. The number of aromatic nitrogens is 4. The number of thiophene rings is 1. The van der Waals surface area contributed by atoms with E-state index in [0.717, 1.165) is 4.88 Å². The van der Waals surface area contributed by atoms with Crippen LogP contribution in [-0.2, 0) is 20.1 Å². The molecule has 0 aromatic carbocycles. The lowest BCUT2D eigenvalue weighted by molar-refractivity contribution is 0.600. The molecule has 0 aliphatic carbocycles. The Balaban J connectivity index is 2.50. The van der Waals surface area contributed by atoms with E-state index >= 15 is 0 Å². The minimum absolute atomic E-state index is 0.279. The molecule has 0 atom stereocenters. The quantitative estimate of drug-likeness (QED) is 0.739. The van der Waals surface area contributed by atoms with Crippen molar-refractivity contribution in [1.29, 1.82) is 0 Å². The van der Waals surface area contributed by atoms with E-state index in [0.29, 0.717) is 30.1 Å². The molecule has 0 radical (unpaired) electrons. The van der Waals surface area contributed by atoms with Crippen LogP contribution in [0, 0.1) is 0 Å². The number of nitrogens with zero attached hydrogens (tertiary/aromatic N) is 4. The van der Waals surface area contributed by atoms with E-state index in [1.165, 1.54) is 4.57 Å². The van der Waals surface area contributed by atoms with E-state index in [-0.39, 0.29) is 11.2 Å². The van der Waals surface area contributed by atoms with Gasteiger partial charge >= 0.3 is 5.69 Å². The summed E-state index contributed by atoms with van der Waals surface area (Å²) in [7, 11) is 1.84. The van der Waals surface area contributed by atoms with Gasteiger partial charge in [-0.05, 0) is 25.3 Å². The van der Waals surface area contributed by atoms with Gasteiger partial charge in [-0.3, -0.25) is 13.9 Å². The van der Waals surface area contributed by atoms with Crippen molar-refractivity contribution in [3.8, 4) is 10.7 Å². The molecule has 3 heterocycles. The molecule has 21 heavy (non-hydrogen) atoms. The Bertz CT molecular complexity index is 915. The van der Waals surface area contributed by atoms with Crippen molar-refractivity contribution < 1.29 is 0 Å². The van der Waals surface area contributed by atoms with Crippen LogP contribution in [0.3, 0.4) is 0 Å². The molecular formula is C14H16N4O2S. The van der Waals surface area contributed by atoms with Crippen molar-refractivity contribution >= 4 is 22.5 Å². The summed E-state index contributed by atoms with van der Waals surface area (Å²) in [6, 6.07) is 3.90. The Morgan fingerprint density at radius 1 is 1.19 bits per heavy atom. The molecule has 3 aromatic heterocycles. The lowest BCUT2D eigenvalue weighted by Crippen LogP contribution is -2.39. The molecule has 0 spiro atoms. The number of hydrogen-bond donors (Lipinski definition) is 0. The Morgan fingerprint density at radius 2 is 1.90 bits per heavy atom. The summed E-state index contributed by atoms with van der Waals surface area (Å²) in [5.41, 5.74) is 0.337. The maximum Gasteiger partial charge on any atom is 0.332 e. The average Bonchev–Trinajstić information content (AvgIpc) is 3.09. The number of fused-ring (bicyclic) bond motifs is 1. The minimum atomic E-state index is -0.319. The molecule has 3 aromatic rings. The smallest absolute Gasteiger partial charge is 0.312 e. The first-order valence-corrected chi connectivity index (χ1v) is 7.72. The minimum Gasteiger partial charge on any atom is -0.312 e. The molecule has 0 fully saturated rings. The molecule has 7 heteroatoms. The number of rotatable bonds is 3. The van der Waals surface area contributed by atoms with Gasteiger partial charge in [-0.1, -0.05) is 6.07 Å². The lowest BCUT2D eigenvalue weighted by atomic mass is 10.4. The fourth-order valence-corrected chi connectivity index (χ4v) is 3.33. The molecule has 6 nitrogen and oxygen atoms in total. The Labute approximate surface area is 124 Å². The van der Waals surface area contributed by atoms with E-state index < -0.39 is 0 Å². The van der Waals surface area contributed by atoms with Crippen LogP contribution in [0.4, 0.5) is 0 Å². The standard InChI is InChI=1S/C14H16N4O2S/c1-4-17-12-10(13(19)18(5-2)14(17)20)15-11(16(12)3)9-7-6-8-21-9/h6-8H,4-5H2,1-3H3. The summed E-state index contributed by atoms with van der Waals surface area (Å²) in [6.07, 6.45) is 0. The Hall–Kier alpha value is -2.15. The molecule has 0 aliphatic rings. The fraction of sp³-hybridized carbons (Fsp3) is 0.357. The third kappa shape index (κ3) is 1.88. The van der Waals surface area contributed by atoms with Gasteiger partial charge in [-0.15, -0.1) is 11.3 Å². The van der Waals surface area contributed by atoms with E-state index in [2.05, 4.69) is 4.98 Å². The van der Waals surface area contributed by atoms with Gasteiger partial charge in [0.25, 0.3) is 5.56 Å². The molecule has 0 N–H and O–H groups in total. The van der Waals surface area contributed by atoms with Gasteiger partial charge < -0.3 is 4.57 Å². The van der Waals surface area contributed by atoms with Crippen molar-refractivity contribution in [3.63, 3.8) is 0 Å². The highest BCUT2D eigenvalue weighted by atomic mass is 32.1. The molecule has 0 bridgehead atoms. The van der Waals surface area contributed by atoms with Gasteiger partial charge in [-0.2, -0.15) is 0 Å². The molecule has 0 unspecified atom stereocenters. The van der Waals surface area contributed by atoms with Gasteiger partial charge in [-0.25, -0.2) is 9.78 Å².